The van der Waals surface area contributed by atoms with Gasteiger partial charge in [0.05, 0.1) is 13.2 Å². The maximum Gasteiger partial charge on any atom is 0.293 e. The van der Waals surface area contributed by atoms with Crippen molar-refractivity contribution in [3.8, 4) is 0 Å². The summed E-state index contributed by atoms with van der Waals surface area (Å²) in [5.41, 5.74) is 0.711. The zero-order chi connectivity index (χ0) is 14.4. The monoisotopic (exact) mass is 280 g/mol. The van der Waals surface area contributed by atoms with E-state index >= 15 is 0 Å². The number of hydrogen-bond acceptors (Lipinski definition) is 3. The molecule has 1 heterocycles. The molecular weight excluding hydrogens is 262 g/mol. The standard InChI is InChI=1S/C15H18F2N2O/c1-13(10-19-9-5-8-18-19)15(16,17)12-20-11-14-6-3-2-4-7-14/h2-4,6-8H,1,5,9-12H2. The van der Waals surface area contributed by atoms with Gasteiger partial charge in [-0.2, -0.15) is 13.9 Å². The number of halogens is 2. The molecule has 0 spiro atoms. The van der Waals surface area contributed by atoms with E-state index < -0.39 is 12.5 Å². The van der Waals surface area contributed by atoms with Crippen LogP contribution in [0.3, 0.4) is 0 Å². The minimum absolute atomic E-state index is 0.0677. The Morgan fingerprint density at radius 3 is 2.75 bits per heavy atom. The summed E-state index contributed by atoms with van der Waals surface area (Å²) in [6.07, 6.45) is 2.51. The van der Waals surface area contributed by atoms with Crippen LogP contribution in [0.5, 0.6) is 0 Å². The summed E-state index contributed by atoms with van der Waals surface area (Å²) < 4.78 is 32.8. The molecule has 0 saturated heterocycles. The summed E-state index contributed by atoms with van der Waals surface area (Å²) in [6, 6.07) is 9.25. The van der Waals surface area contributed by atoms with Crippen LogP contribution < -0.4 is 0 Å². The predicted octanol–water partition coefficient (Wildman–Crippen LogP) is 3.09. The minimum atomic E-state index is -3.03. The molecule has 0 radical (unpaired) electrons. The second-order valence-electron chi connectivity index (χ2n) is 4.76. The first kappa shape index (κ1) is 14.7. The molecule has 1 aromatic carbocycles. The van der Waals surface area contributed by atoms with Crippen molar-refractivity contribution >= 4 is 6.21 Å². The molecule has 0 saturated carbocycles. The number of alkyl halides is 2. The zero-order valence-electron chi connectivity index (χ0n) is 11.3. The maximum absolute atomic E-state index is 13.9. The summed E-state index contributed by atoms with van der Waals surface area (Å²) in [6.45, 7) is 3.72. The number of nitrogens with zero attached hydrogens (tertiary/aromatic N) is 2. The second-order valence-corrected chi connectivity index (χ2v) is 4.76. The van der Waals surface area contributed by atoms with Gasteiger partial charge in [-0.3, -0.25) is 5.01 Å². The van der Waals surface area contributed by atoms with Gasteiger partial charge in [-0.05, 0) is 5.56 Å². The first-order chi connectivity index (χ1) is 9.58. The quantitative estimate of drug-likeness (QED) is 0.717. The number of benzene rings is 1. The molecule has 0 amide bonds. The van der Waals surface area contributed by atoms with Crippen molar-refractivity contribution in [2.45, 2.75) is 19.0 Å². The van der Waals surface area contributed by atoms with E-state index in [1.165, 1.54) is 0 Å². The minimum Gasteiger partial charge on any atom is -0.370 e. The summed E-state index contributed by atoms with van der Waals surface area (Å²) in [5.74, 6) is -3.03. The van der Waals surface area contributed by atoms with Crippen molar-refractivity contribution in [1.82, 2.24) is 5.01 Å². The van der Waals surface area contributed by atoms with Crippen molar-refractivity contribution in [2.75, 3.05) is 19.7 Å². The normalized spacial score (nSPS) is 14.8. The first-order valence-corrected chi connectivity index (χ1v) is 6.53. The van der Waals surface area contributed by atoms with Gasteiger partial charge in [0.15, 0.2) is 0 Å². The Hall–Kier alpha value is -1.75. The van der Waals surface area contributed by atoms with Crippen LogP contribution in [-0.2, 0) is 11.3 Å². The topological polar surface area (TPSA) is 24.8 Å². The average Bonchev–Trinajstić information content (AvgIpc) is 2.92. The van der Waals surface area contributed by atoms with Crippen LogP contribution in [0.2, 0.25) is 0 Å². The maximum atomic E-state index is 13.9. The fourth-order valence-corrected chi connectivity index (χ4v) is 1.87. The van der Waals surface area contributed by atoms with Crippen LogP contribution in [0, 0.1) is 0 Å². The van der Waals surface area contributed by atoms with Gasteiger partial charge < -0.3 is 4.74 Å². The van der Waals surface area contributed by atoms with Crippen LogP contribution in [0.4, 0.5) is 8.78 Å². The molecule has 1 aromatic rings. The molecule has 0 aliphatic carbocycles. The van der Waals surface area contributed by atoms with Crippen molar-refractivity contribution in [3.05, 3.63) is 48.0 Å². The Morgan fingerprint density at radius 2 is 2.10 bits per heavy atom. The van der Waals surface area contributed by atoms with Crippen molar-refractivity contribution in [2.24, 2.45) is 5.10 Å². The molecule has 0 atom stereocenters. The molecule has 0 N–H and O–H groups in total. The molecule has 108 valence electrons. The molecule has 2 rings (SSSR count). The summed E-state index contributed by atoms with van der Waals surface area (Å²) >= 11 is 0. The molecule has 0 unspecified atom stereocenters. The third kappa shape index (κ3) is 4.13. The molecule has 1 aliphatic rings. The highest BCUT2D eigenvalue weighted by molar-refractivity contribution is 5.58. The Morgan fingerprint density at radius 1 is 1.35 bits per heavy atom. The Balaban J connectivity index is 1.77. The highest BCUT2D eigenvalue weighted by Gasteiger charge is 2.34. The lowest BCUT2D eigenvalue weighted by Gasteiger charge is -2.22. The molecule has 0 fully saturated rings. The van der Waals surface area contributed by atoms with E-state index in [4.69, 9.17) is 4.74 Å². The van der Waals surface area contributed by atoms with Crippen LogP contribution in [-0.4, -0.2) is 36.8 Å². The molecule has 1 aliphatic heterocycles. The number of hydrazone groups is 1. The highest BCUT2D eigenvalue weighted by atomic mass is 19.3. The van der Waals surface area contributed by atoms with E-state index in [9.17, 15) is 8.78 Å². The molecule has 5 heteroatoms. The van der Waals surface area contributed by atoms with E-state index in [1.807, 2.05) is 30.3 Å². The smallest absolute Gasteiger partial charge is 0.293 e. The Bertz CT molecular complexity index is 474. The first-order valence-electron chi connectivity index (χ1n) is 6.53. The second kappa shape index (κ2) is 6.61. The zero-order valence-corrected chi connectivity index (χ0v) is 11.3. The van der Waals surface area contributed by atoms with E-state index in [1.54, 1.807) is 11.2 Å². The average molecular weight is 280 g/mol. The fraction of sp³-hybridized carbons (Fsp3) is 0.400. The molecular formula is C15H18F2N2O. The summed E-state index contributed by atoms with van der Waals surface area (Å²) in [7, 11) is 0. The third-order valence-corrected chi connectivity index (χ3v) is 3.05. The fourth-order valence-electron chi connectivity index (χ4n) is 1.87. The summed E-state index contributed by atoms with van der Waals surface area (Å²) in [5, 5.41) is 5.58. The Kier molecular flexibility index (Phi) is 4.84. The Labute approximate surface area is 117 Å². The lowest BCUT2D eigenvalue weighted by Crippen LogP contribution is -2.32. The van der Waals surface area contributed by atoms with Gasteiger partial charge in [0.1, 0.15) is 6.61 Å². The third-order valence-electron chi connectivity index (χ3n) is 3.05. The van der Waals surface area contributed by atoms with Crippen LogP contribution in [0.15, 0.2) is 47.6 Å². The van der Waals surface area contributed by atoms with Gasteiger partial charge in [0.2, 0.25) is 0 Å². The van der Waals surface area contributed by atoms with E-state index in [0.29, 0.717) is 6.54 Å². The van der Waals surface area contributed by atoms with E-state index in [-0.39, 0.29) is 18.7 Å². The van der Waals surface area contributed by atoms with E-state index in [0.717, 1.165) is 12.0 Å². The van der Waals surface area contributed by atoms with Gasteiger partial charge in [-0.15, -0.1) is 0 Å². The molecule has 0 aromatic heterocycles. The lowest BCUT2D eigenvalue weighted by atomic mass is 10.1. The number of ether oxygens (including phenoxy) is 1. The van der Waals surface area contributed by atoms with Crippen molar-refractivity contribution < 1.29 is 13.5 Å². The van der Waals surface area contributed by atoms with Gasteiger partial charge in [-0.25, -0.2) is 0 Å². The van der Waals surface area contributed by atoms with Crippen LogP contribution in [0.25, 0.3) is 0 Å². The largest absolute Gasteiger partial charge is 0.370 e. The van der Waals surface area contributed by atoms with Crippen LogP contribution >= 0.6 is 0 Å². The number of hydrogen-bond donors (Lipinski definition) is 0. The van der Waals surface area contributed by atoms with Gasteiger partial charge >= 0.3 is 0 Å². The molecule has 20 heavy (non-hydrogen) atoms. The van der Waals surface area contributed by atoms with Crippen LogP contribution in [0.1, 0.15) is 12.0 Å². The SMILES string of the molecule is C=C(CN1CCC=N1)C(F)(F)COCc1ccccc1. The van der Waals surface area contributed by atoms with Gasteiger partial charge in [0.25, 0.3) is 5.92 Å². The van der Waals surface area contributed by atoms with Gasteiger partial charge in [-0.1, -0.05) is 36.9 Å². The lowest BCUT2D eigenvalue weighted by molar-refractivity contribution is -0.0571. The summed E-state index contributed by atoms with van der Waals surface area (Å²) in [4.78, 5) is 0. The van der Waals surface area contributed by atoms with Crippen molar-refractivity contribution in [1.29, 1.82) is 0 Å². The van der Waals surface area contributed by atoms with Crippen molar-refractivity contribution in [3.63, 3.8) is 0 Å². The molecule has 3 nitrogen and oxygen atoms in total. The highest BCUT2D eigenvalue weighted by Crippen LogP contribution is 2.25. The predicted molar refractivity (Wildman–Crippen MR) is 74.9 cm³/mol. The van der Waals surface area contributed by atoms with Gasteiger partial charge in [0, 0.05) is 24.8 Å². The number of rotatable bonds is 7. The van der Waals surface area contributed by atoms with E-state index in [2.05, 4.69) is 11.7 Å². The molecule has 0 bridgehead atoms.